The predicted octanol–water partition coefficient (Wildman–Crippen LogP) is 0.710. The first-order chi connectivity index (χ1) is 4.83. The summed E-state index contributed by atoms with van der Waals surface area (Å²) in [5.74, 6) is 0.0348. The highest BCUT2D eigenvalue weighted by Crippen LogP contribution is 2.12. The van der Waals surface area contributed by atoms with E-state index in [2.05, 4.69) is 4.74 Å². The Morgan fingerprint density at radius 1 is 1.90 bits per heavy atom. The van der Waals surface area contributed by atoms with E-state index < -0.39 is 0 Å². The third-order valence-corrected chi connectivity index (χ3v) is 1.41. The van der Waals surface area contributed by atoms with Crippen LogP contribution in [0.5, 0.6) is 0 Å². The van der Waals surface area contributed by atoms with Crippen molar-refractivity contribution in [1.29, 1.82) is 0 Å². The summed E-state index contributed by atoms with van der Waals surface area (Å²) in [6, 6.07) is 0. The monoisotopic (exact) mass is 142 g/mol. The molecule has 1 unspecified atom stereocenters. The first kappa shape index (κ1) is 7.12. The van der Waals surface area contributed by atoms with Crippen LogP contribution in [0, 0.1) is 5.92 Å². The first-order valence-corrected chi connectivity index (χ1v) is 3.18. The Bertz CT molecular complexity index is 151. The smallest absolute Gasteiger partial charge is 0.306 e. The molecule has 10 heavy (non-hydrogen) atoms. The molecule has 0 bridgehead atoms. The first-order valence-electron chi connectivity index (χ1n) is 3.18. The standard InChI is InChI=1S/C7H10O3/c1-9-7(8)4-6-2-3-10-5-6/h2-3,6H,4-5H2,1H3. The zero-order valence-electron chi connectivity index (χ0n) is 5.87. The fourth-order valence-corrected chi connectivity index (χ4v) is 0.826. The van der Waals surface area contributed by atoms with Gasteiger partial charge in [0.05, 0.1) is 26.4 Å². The molecule has 0 saturated carbocycles. The molecule has 1 aliphatic rings. The molecule has 0 fully saturated rings. The zero-order chi connectivity index (χ0) is 7.40. The van der Waals surface area contributed by atoms with Gasteiger partial charge in [0.1, 0.15) is 0 Å². The van der Waals surface area contributed by atoms with Crippen molar-refractivity contribution in [3.63, 3.8) is 0 Å². The van der Waals surface area contributed by atoms with E-state index in [0.717, 1.165) is 0 Å². The van der Waals surface area contributed by atoms with Gasteiger partial charge >= 0.3 is 5.97 Å². The van der Waals surface area contributed by atoms with Crippen LogP contribution in [0.4, 0.5) is 0 Å². The number of esters is 1. The van der Waals surface area contributed by atoms with E-state index in [9.17, 15) is 4.79 Å². The Labute approximate surface area is 59.6 Å². The minimum absolute atomic E-state index is 0.180. The summed E-state index contributed by atoms with van der Waals surface area (Å²) < 4.78 is 9.40. The maximum absolute atomic E-state index is 10.7. The molecule has 1 aliphatic heterocycles. The van der Waals surface area contributed by atoms with Crippen molar-refractivity contribution >= 4 is 5.97 Å². The van der Waals surface area contributed by atoms with Crippen LogP contribution < -0.4 is 0 Å². The highest BCUT2D eigenvalue weighted by atomic mass is 16.5. The van der Waals surface area contributed by atoms with Crippen molar-refractivity contribution in [1.82, 2.24) is 0 Å². The van der Waals surface area contributed by atoms with Crippen molar-refractivity contribution in [2.75, 3.05) is 13.7 Å². The van der Waals surface area contributed by atoms with Crippen molar-refractivity contribution in [2.45, 2.75) is 6.42 Å². The van der Waals surface area contributed by atoms with E-state index in [1.165, 1.54) is 7.11 Å². The lowest BCUT2D eigenvalue weighted by atomic mass is 10.1. The minimum atomic E-state index is -0.180. The Morgan fingerprint density at radius 2 is 2.70 bits per heavy atom. The summed E-state index contributed by atoms with van der Waals surface area (Å²) in [6.45, 7) is 0.606. The fourth-order valence-electron chi connectivity index (χ4n) is 0.826. The van der Waals surface area contributed by atoms with E-state index in [4.69, 9.17) is 4.74 Å². The molecule has 1 rings (SSSR count). The van der Waals surface area contributed by atoms with Crippen LogP contribution in [0.2, 0.25) is 0 Å². The highest BCUT2D eigenvalue weighted by Gasteiger charge is 2.14. The van der Waals surface area contributed by atoms with Gasteiger partial charge < -0.3 is 9.47 Å². The predicted molar refractivity (Wildman–Crippen MR) is 35.2 cm³/mol. The molecule has 0 N–H and O–H groups in total. The molecule has 3 heteroatoms. The summed E-state index contributed by atoms with van der Waals surface area (Å²) in [5.41, 5.74) is 0. The van der Waals surface area contributed by atoms with Crippen molar-refractivity contribution < 1.29 is 14.3 Å². The van der Waals surface area contributed by atoms with Crippen LogP contribution in [0.25, 0.3) is 0 Å². The Hall–Kier alpha value is -0.990. The average molecular weight is 142 g/mol. The minimum Gasteiger partial charge on any atom is -0.501 e. The molecular weight excluding hydrogens is 132 g/mol. The molecule has 1 atom stereocenters. The molecule has 56 valence electrons. The normalized spacial score (nSPS) is 22.3. The van der Waals surface area contributed by atoms with Crippen LogP contribution in [0.1, 0.15) is 6.42 Å². The van der Waals surface area contributed by atoms with Crippen molar-refractivity contribution in [3.05, 3.63) is 12.3 Å². The van der Waals surface area contributed by atoms with Gasteiger partial charge in [-0.3, -0.25) is 4.79 Å². The third-order valence-electron chi connectivity index (χ3n) is 1.41. The maximum atomic E-state index is 10.7. The summed E-state index contributed by atoms with van der Waals surface area (Å²) in [4.78, 5) is 10.7. The largest absolute Gasteiger partial charge is 0.501 e. The van der Waals surface area contributed by atoms with E-state index in [1.807, 2.05) is 6.08 Å². The van der Waals surface area contributed by atoms with Gasteiger partial charge in [-0.25, -0.2) is 0 Å². The molecule has 3 nitrogen and oxygen atoms in total. The van der Waals surface area contributed by atoms with Gasteiger partial charge in [-0.2, -0.15) is 0 Å². The molecule has 0 spiro atoms. The van der Waals surface area contributed by atoms with Crippen molar-refractivity contribution in [2.24, 2.45) is 5.92 Å². The second-order valence-electron chi connectivity index (χ2n) is 2.20. The number of carbonyl (C=O) groups is 1. The lowest BCUT2D eigenvalue weighted by Gasteiger charge is -2.02. The SMILES string of the molecule is COC(=O)CC1C=COC1. The second kappa shape index (κ2) is 3.25. The lowest BCUT2D eigenvalue weighted by Crippen LogP contribution is -2.09. The number of hydrogen-bond acceptors (Lipinski definition) is 3. The van der Waals surface area contributed by atoms with Gasteiger partial charge in [0, 0.05) is 5.92 Å². The molecular formula is C7H10O3. The molecule has 1 heterocycles. The van der Waals surface area contributed by atoms with E-state index in [-0.39, 0.29) is 11.9 Å². The van der Waals surface area contributed by atoms with E-state index in [1.54, 1.807) is 6.26 Å². The number of hydrogen-bond donors (Lipinski definition) is 0. The fraction of sp³-hybridized carbons (Fsp3) is 0.571. The second-order valence-corrected chi connectivity index (χ2v) is 2.20. The Balaban J connectivity index is 2.24. The molecule has 0 aromatic carbocycles. The molecule has 0 aromatic heterocycles. The number of rotatable bonds is 2. The average Bonchev–Trinajstić information content (AvgIpc) is 2.40. The molecule has 0 amide bonds. The topological polar surface area (TPSA) is 35.5 Å². The van der Waals surface area contributed by atoms with Gasteiger partial charge in [-0.05, 0) is 6.08 Å². The van der Waals surface area contributed by atoms with E-state index in [0.29, 0.717) is 13.0 Å². The molecule has 0 aromatic rings. The summed E-state index contributed by atoms with van der Waals surface area (Å²) in [6.07, 6.45) is 3.91. The van der Waals surface area contributed by atoms with Gasteiger partial charge in [0.25, 0.3) is 0 Å². The summed E-state index contributed by atoms with van der Waals surface area (Å²) in [5, 5.41) is 0. The van der Waals surface area contributed by atoms with Crippen molar-refractivity contribution in [3.8, 4) is 0 Å². The van der Waals surface area contributed by atoms with Gasteiger partial charge in [-0.1, -0.05) is 0 Å². The Kier molecular flexibility index (Phi) is 2.31. The van der Waals surface area contributed by atoms with Crippen LogP contribution in [0.15, 0.2) is 12.3 Å². The number of ether oxygens (including phenoxy) is 2. The van der Waals surface area contributed by atoms with Crippen LogP contribution >= 0.6 is 0 Å². The van der Waals surface area contributed by atoms with Crippen LogP contribution in [0.3, 0.4) is 0 Å². The zero-order valence-corrected chi connectivity index (χ0v) is 5.87. The van der Waals surface area contributed by atoms with E-state index >= 15 is 0 Å². The molecule has 0 saturated heterocycles. The summed E-state index contributed by atoms with van der Waals surface area (Å²) >= 11 is 0. The molecule has 0 radical (unpaired) electrons. The third kappa shape index (κ3) is 1.76. The maximum Gasteiger partial charge on any atom is 0.306 e. The highest BCUT2D eigenvalue weighted by molar-refractivity contribution is 5.69. The van der Waals surface area contributed by atoms with Gasteiger partial charge in [0.15, 0.2) is 0 Å². The number of methoxy groups -OCH3 is 1. The quantitative estimate of drug-likeness (QED) is 0.532. The van der Waals surface area contributed by atoms with Crippen LogP contribution in [-0.2, 0) is 14.3 Å². The van der Waals surface area contributed by atoms with Gasteiger partial charge in [0.2, 0.25) is 0 Å². The van der Waals surface area contributed by atoms with Crippen LogP contribution in [-0.4, -0.2) is 19.7 Å². The Morgan fingerprint density at radius 3 is 3.20 bits per heavy atom. The number of carbonyl (C=O) groups excluding carboxylic acids is 1. The lowest BCUT2D eigenvalue weighted by molar-refractivity contribution is -0.141. The molecule has 0 aliphatic carbocycles. The summed E-state index contributed by atoms with van der Waals surface area (Å²) in [7, 11) is 1.39. The van der Waals surface area contributed by atoms with Gasteiger partial charge in [-0.15, -0.1) is 0 Å².